The predicted molar refractivity (Wildman–Crippen MR) is 157 cm³/mol. The van der Waals surface area contributed by atoms with E-state index in [1.54, 1.807) is 4.40 Å². The first-order valence-corrected chi connectivity index (χ1v) is 13.7. The molecule has 0 saturated carbocycles. The van der Waals surface area contributed by atoms with E-state index in [2.05, 4.69) is 10.9 Å². The van der Waals surface area contributed by atoms with Crippen LogP contribution in [0.2, 0.25) is 5.02 Å². The van der Waals surface area contributed by atoms with E-state index in [4.69, 9.17) is 16.6 Å². The molecule has 0 saturated heterocycles. The number of carbonyl (C=O) groups excluding carboxylic acids is 1. The van der Waals surface area contributed by atoms with Crippen LogP contribution in [0.25, 0.3) is 16.6 Å². The molecule has 1 amide bonds. The number of para-hydroxylation sites is 1. The number of hydrazine groups is 1. The van der Waals surface area contributed by atoms with Crippen LogP contribution >= 0.6 is 11.6 Å². The van der Waals surface area contributed by atoms with E-state index in [9.17, 15) is 18.0 Å². The third kappa shape index (κ3) is 5.75. The van der Waals surface area contributed by atoms with Crippen LogP contribution in [0, 0.1) is 19.8 Å². The second-order valence-electron chi connectivity index (χ2n) is 10.6. The van der Waals surface area contributed by atoms with Gasteiger partial charge in [-0.2, -0.15) is 13.2 Å². The average molecular weight is 579 g/mol. The molecule has 1 unspecified atom stereocenters. The van der Waals surface area contributed by atoms with Crippen molar-refractivity contribution in [1.82, 2.24) is 14.8 Å². The number of hydrogen-bond acceptors (Lipinski definition) is 3. The Kier molecular flexibility index (Phi) is 7.70. The molecule has 0 spiro atoms. The Hall–Kier alpha value is -4.04. The standard InChI is InChI=1S/C32H30ClF3N4O/c1-18(2)29(31(41)39-38-23-8-6-5-7-9-23)22-12-10-21(11-13-22)15-25-24-16-27(33)26(32(34,35)36)17-28(24)40-20(4)14-19(3)37-30(25)40/h5-14,16-18,29,38H,15H2,1-4H3,(H,39,41). The van der Waals surface area contributed by atoms with E-state index in [0.717, 1.165) is 39.8 Å². The summed E-state index contributed by atoms with van der Waals surface area (Å²) in [5.74, 6) is -0.493. The number of rotatable bonds is 7. The molecule has 5 nitrogen and oxygen atoms in total. The Balaban J connectivity index is 1.49. The monoisotopic (exact) mass is 578 g/mol. The zero-order chi connectivity index (χ0) is 29.5. The predicted octanol–water partition coefficient (Wildman–Crippen LogP) is 8.25. The van der Waals surface area contributed by atoms with Gasteiger partial charge in [-0.1, -0.05) is 67.9 Å². The Morgan fingerprint density at radius 3 is 2.32 bits per heavy atom. The number of aromatic nitrogens is 2. The van der Waals surface area contributed by atoms with Gasteiger partial charge in [0.15, 0.2) is 0 Å². The third-order valence-electron chi connectivity index (χ3n) is 7.26. The largest absolute Gasteiger partial charge is 0.417 e. The van der Waals surface area contributed by atoms with Gasteiger partial charge >= 0.3 is 6.18 Å². The summed E-state index contributed by atoms with van der Waals surface area (Å²) in [6, 6.07) is 21.5. The summed E-state index contributed by atoms with van der Waals surface area (Å²) in [5.41, 5.74) is 10.8. The smallest absolute Gasteiger partial charge is 0.299 e. The van der Waals surface area contributed by atoms with Gasteiger partial charge in [-0.15, -0.1) is 0 Å². The van der Waals surface area contributed by atoms with Crippen molar-refractivity contribution in [3.8, 4) is 0 Å². The van der Waals surface area contributed by atoms with Crippen LogP contribution in [-0.4, -0.2) is 15.3 Å². The van der Waals surface area contributed by atoms with E-state index in [0.29, 0.717) is 23.0 Å². The third-order valence-corrected chi connectivity index (χ3v) is 7.58. The zero-order valence-electron chi connectivity index (χ0n) is 23.1. The maximum absolute atomic E-state index is 13.7. The lowest BCUT2D eigenvalue weighted by molar-refractivity contribution is -0.137. The number of nitrogens with one attached hydrogen (secondary N) is 2. The van der Waals surface area contributed by atoms with Crippen molar-refractivity contribution < 1.29 is 18.0 Å². The molecule has 0 fully saturated rings. The quantitative estimate of drug-likeness (QED) is 0.191. The molecule has 0 aliphatic rings. The lowest BCUT2D eigenvalue weighted by Gasteiger charge is -2.21. The second kappa shape index (κ2) is 11.1. The van der Waals surface area contributed by atoms with E-state index in [-0.39, 0.29) is 22.8 Å². The topological polar surface area (TPSA) is 58.4 Å². The molecule has 2 N–H and O–H groups in total. The highest BCUT2D eigenvalue weighted by Crippen LogP contribution is 2.40. The van der Waals surface area contributed by atoms with E-state index < -0.39 is 11.7 Å². The van der Waals surface area contributed by atoms with Gasteiger partial charge in [0, 0.05) is 28.8 Å². The molecule has 5 rings (SSSR count). The normalized spacial score (nSPS) is 12.7. The van der Waals surface area contributed by atoms with Gasteiger partial charge in [0.25, 0.3) is 0 Å². The number of aryl methyl sites for hydroxylation is 2. The van der Waals surface area contributed by atoms with Crippen molar-refractivity contribution in [3.05, 3.63) is 111 Å². The molecular formula is C32H30ClF3N4O. The molecule has 0 radical (unpaired) electrons. The van der Waals surface area contributed by atoms with Gasteiger partial charge in [-0.3, -0.25) is 20.0 Å². The zero-order valence-corrected chi connectivity index (χ0v) is 23.9. The average Bonchev–Trinajstić information content (AvgIpc) is 3.20. The minimum absolute atomic E-state index is 0.0397. The molecule has 0 aliphatic heterocycles. The van der Waals surface area contributed by atoms with Gasteiger partial charge in [-0.25, -0.2) is 4.98 Å². The van der Waals surface area contributed by atoms with Crippen LogP contribution in [0.3, 0.4) is 0 Å². The molecule has 1 atom stereocenters. The molecule has 2 heterocycles. The molecule has 2 aromatic heterocycles. The van der Waals surface area contributed by atoms with Crippen LogP contribution < -0.4 is 10.9 Å². The maximum Gasteiger partial charge on any atom is 0.417 e. The number of amides is 1. The van der Waals surface area contributed by atoms with Crippen LogP contribution in [0.15, 0.2) is 72.8 Å². The van der Waals surface area contributed by atoms with E-state index in [1.807, 2.05) is 88.4 Å². The van der Waals surface area contributed by atoms with Gasteiger partial charge < -0.3 is 0 Å². The second-order valence-corrected chi connectivity index (χ2v) is 11.1. The van der Waals surface area contributed by atoms with Crippen molar-refractivity contribution >= 4 is 39.7 Å². The van der Waals surface area contributed by atoms with E-state index >= 15 is 0 Å². The first-order chi connectivity index (χ1) is 19.4. The summed E-state index contributed by atoms with van der Waals surface area (Å²) in [4.78, 5) is 17.8. The molecule has 0 aliphatic carbocycles. The Labute approximate surface area is 241 Å². The van der Waals surface area contributed by atoms with Crippen LogP contribution in [0.5, 0.6) is 0 Å². The number of benzene rings is 3. The SMILES string of the molecule is Cc1cc(C)n2c(n1)c(Cc1ccc(C(C(=O)NNc3ccccc3)C(C)C)cc1)c1cc(Cl)c(C(F)(F)F)cc12. The van der Waals surface area contributed by atoms with Crippen LogP contribution in [-0.2, 0) is 17.4 Å². The van der Waals surface area contributed by atoms with Crippen molar-refractivity contribution in [3.63, 3.8) is 0 Å². The fraction of sp³-hybridized carbons (Fsp3) is 0.250. The molecule has 5 aromatic rings. The Morgan fingerprint density at radius 1 is 1.00 bits per heavy atom. The summed E-state index contributed by atoms with van der Waals surface area (Å²) >= 11 is 6.15. The number of halogens is 4. The van der Waals surface area contributed by atoms with Gasteiger partial charge in [0.05, 0.1) is 27.7 Å². The Morgan fingerprint density at radius 2 is 1.68 bits per heavy atom. The van der Waals surface area contributed by atoms with Crippen molar-refractivity contribution in [2.45, 2.75) is 46.2 Å². The molecule has 3 aromatic carbocycles. The molecule has 0 bridgehead atoms. The van der Waals surface area contributed by atoms with Gasteiger partial charge in [0.2, 0.25) is 5.91 Å². The molecule has 41 heavy (non-hydrogen) atoms. The van der Waals surface area contributed by atoms with Crippen LogP contribution in [0.4, 0.5) is 18.9 Å². The number of fused-ring (bicyclic) bond motifs is 3. The minimum atomic E-state index is -4.58. The fourth-order valence-corrected chi connectivity index (χ4v) is 5.68. The summed E-state index contributed by atoms with van der Waals surface area (Å²) in [6.45, 7) is 7.71. The maximum atomic E-state index is 13.7. The first kappa shape index (κ1) is 28.5. The van der Waals surface area contributed by atoms with E-state index in [1.165, 1.54) is 6.07 Å². The molecule has 9 heteroatoms. The lowest BCUT2D eigenvalue weighted by Crippen LogP contribution is -2.36. The number of nitrogens with zero attached hydrogens (tertiary/aromatic N) is 2. The molecular weight excluding hydrogens is 549 g/mol. The van der Waals surface area contributed by atoms with Gasteiger partial charge in [-0.05, 0) is 61.2 Å². The van der Waals surface area contributed by atoms with Crippen molar-refractivity contribution in [1.29, 1.82) is 0 Å². The number of alkyl halides is 3. The van der Waals surface area contributed by atoms with Crippen molar-refractivity contribution in [2.24, 2.45) is 5.92 Å². The lowest BCUT2D eigenvalue weighted by atomic mass is 9.87. The number of carbonyl (C=O) groups is 1. The summed E-state index contributed by atoms with van der Waals surface area (Å²) in [6.07, 6.45) is -4.15. The Bertz CT molecular complexity index is 1730. The highest BCUT2D eigenvalue weighted by molar-refractivity contribution is 6.32. The highest BCUT2D eigenvalue weighted by Gasteiger charge is 2.34. The highest BCUT2D eigenvalue weighted by atomic mass is 35.5. The summed E-state index contributed by atoms with van der Waals surface area (Å²) in [7, 11) is 0. The fourth-order valence-electron chi connectivity index (χ4n) is 5.41. The number of hydrogen-bond donors (Lipinski definition) is 2. The first-order valence-electron chi connectivity index (χ1n) is 13.3. The van der Waals surface area contributed by atoms with Crippen LogP contribution in [0.1, 0.15) is 53.4 Å². The van der Waals surface area contributed by atoms with Crippen molar-refractivity contribution in [2.75, 3.05) is 5.43 Å². The minimum Gasteiger partial charge on any atom is -0.299 e. The molecule has 212 valence electrons. The number of anilines is 1. The summed E-state index contributed by atoms with van der Waals surface area (Å²) < 4.78 is 42.9. The summed E-state index contributed by atoms with van der Waals surface area (Å²) in [5, 5.41) is 0.279. The van der Waals surface area contributed by atoms with Gasteiger partial charge in [0.1, 0.15) is 5.65 Å².